The molecule has 180 valence electrons. The Kier molecular flexibility index (Phi) is 5.63. The summed E-state index contributed by atoms with van der Waals surface area (Å²) in [7, 11) is 0. The van der Waals surface area contributed by atoms with Gasteiger partial charge in [-0.05, 0) is 49.6 Å². The van der Waals surface area contributed by atoms with Crippen LogP contribution in [-0.2, 0) is 4.74 Å². The summed E-state index contributed by atoms with van der Waals surface area (Å²) in [6, 6.07) is 4.10. The van der Waals surface area contributed by atoms with Crippen molar-refractivity contribution in [3.05, 3.63) is 53.6 Å². The molecule has 2 atom stereocenters. The van der Waals surface area contributed by atoms with Gasteiger partial charge in [0.05, 0.1) is 11.1 Å². The molecule has 0 bridgehead atoms. The summed E-state index contributed by atoms with van der Waals surface area (Å²) in [6.07, 6.45) is 2.48. The number of piperazine rings is 1. The van der Waals surface area contributed by atoms with Crippen LogP contribution < -0.4 is 10.2 Å². The van der Waals surface area contributed by atoms with E-state index in [1.807, 2.05) is 25.1 Å². The normalized spacial score (nSPS) is 23.2. The number of hydrogen-bond acceptors (Lipinski definition) is 7. The smallest absolute Gasteiger partial charge is 0.422 e. The number of nitrogens with zero attached hydrogens (tertiary/aromatic N) is 4. The number of allylic oxidation sites excluding steroid dienone is 3. The lowest BCUT2D eigenvalue weighted by Gasteiger charge is -2.33. The molecule has 0 radical (unpaired) electrons. The molecule has 0 spiro atoms. The molecule has 3 aliphatic heterocycles. The van der Waals surface area contributed by atoms with Crippen LogP contribution in [0.3, 0.4) is 0 Å². The van der Waals surface area contributed by atoms with E-state index >= 15 is 0 Å². The standard InChI is InChI=1S/C24H26F3N5O2/c1-14-10-19(32-18(16(14)3)4-5-22(30-32)33-13-24(25,26)27)21-11-17-20(34-21)6-7-29-23(17)31-9-8-28-15(2)12-31/h4-7,10-11,14-15,28H,8-9,12-13H2,1-3H3. The van der Waals surface area contributed by atoms with Crippen LogP contribution in [0.1, 0.15) is 26.5 Å². The number of ether oxygens (including phenoxy) is 1. The number of furan rings is 1. The van der Waals surface area contributed by atoms with Crippen molar-refractivity contribution in [2.75, 3.05) is 31.1 Å². The SMILES string of the molecule is CC1=C2C=CC(OCC(F)(F)F)=NN2C(c2cc3c(N4CCNC(C)C4)nccc3o2)=CC1C. The summed E-state index contributed by atoms with van der Waals surface area (Å²) in [5, 5.41) is 10.3. The van der Waals surface area contributed by atoms with Gasteiger partial charge < -0.3 is 19.4 Å². The van der Waals surface area contributed by atoms with E-state index in [1.54, 1.807) is 17.3 Å². The van der Waals surface area contributed by atoms with Crippen molar-refractivity contribution in [1.29, 1.82) is 0 Å². The Bertz CT molecular complexity index is 1230. The third-order valence-electron chi connectivity index (χ3n) is 6.26. The van der Waals surface area contributed by atoms with Gasteiger partial charge in [-0.1, -0.05) is 6.92 Å². The molecule has 2 aromatic rings. The largest absolute Gasteiger partial charge is 0.467 e. The topological polar surface area (TPSA) is 66.1 Å². The molecule has 3 aliphatic rings. The number of anilines is 1. The van der Waals surface area contributed by atoms with Gasteiger partial charge >= 0.3 is 6.18 Å². The molecule has 5 heterocycles. The van der Waals surface area contributed by atoms with E-state index in [9.17, 15) is 13.2 Å². The molecule has 1 saturated heterocycles. The van der Waals surface area contributed by atoms with Crippen molar-refractivity contribution in [3.8, 4) is 0 Å². The number of aromatic nitrogens is 1. The minimum Gasteiger partial charge on any atom is -0.467 e. The van der Waals surface area contributed by atoms with Gasteiger partial charge in [-0.25, -0.2) is 9.99 Å². The Morgan fingerprint density at radius 1 is 1.26 bits per heavy atom. The highest BCUT2D eigenvalue weighted by Crippen LogP contribution is 2.40. The summed E-state index contributed by atoms with van der Waals surface area (Å²) in [5.41, 5.74) is 3.19. The first-order valence-electron chi connectivity index (χ1n) is 11.3. The van der Waals surface area contributed by atoms with Crippen LogP contribution in [0, 0.1) is 5.92 Å². The molecule has 0 aromatic carbocycles. The van der Waals surface area contributed by atoms with E-state index in [0.717, 1.165) is 42.1 Å². The Balaban J connectivity index is 1.51. The Morgan fingerprint density at radius 3 is 2.85 bits per heavy atom. The number of rotatable bonds is 3. The number of hydrogen-bond donors (Lipinski definition) is 1. The predicted octanol–water partition coefficient (Wildman–Crippen LogP) is 4.65. The zero-order valence-corrected chi connectivity index (χ0v) is 19.2. The van der Waals surface area contributed by atoms with Gasteiger partial charge in [0.25, 0.3) is 0 Å². The fourth-order valence-electron chi connectivity index (χ4n) is 4.43. The summed E-state index contributed by atoms with van der Waals surface area (Å²) in [4.78, 5) is 6.86. The maximum Gasteiger partial charge on any atom is 0.422 e. The van der Waals surface area contributed by atoms with Crippen molar-refractivity contribution in [2.45, 2.75) is 33.0 Å². The number of nitrogens with one attached hydrogen (secondary N) is 1. The lowest BCUT2D eigenvalue weighted by Crippen LogP contribution is -2.49. The minimum absolute atomic E-state index is 0.0959. The highest BCUT2D eigenvalue weighted by molar-refractivity contribution is 5.93. The number of alkyl halides is 3. The van der Waals surface area contributed by atoms with Gasteiger partial charge in [0.2, 0.25) is 5.90 Å². The Morgan fingerprint density at radius 2 is 2.09 bits per heavy atom. The average Bonchev–Trinajstić information content (AvgIpc) is 3.23. The lowest BCUT2D eigenvalue weighted by atomic mass is 9.94. The number of hydrazone groups is 1. The van der Waals surface area contributed by atoms with Gasteiger partial charge in [0, 0.05) is 37.9 Å². The lowest BCUT2D eigenvalue weighted by molar-refractivity contribution is -0.156. The molecule has 0 amide bonds. The third-order valence-corrected chi connectivity index (χ3v) is 6.26. The molecular weight excluding hydrogens is 447 g/mol. The molecular formula is C24H26F3N5O2. The monoisotopic (exact) mass is 473 g/mol. The number of halogens is 3. The third kappa shape index (κ3) is 4.29. The molecule has 34 heavy (non-hydrogen) atoms. The van der Waals surface area contributed by atoms with Crippen LogP contribution in [-0.4, -0.2) is 54.3 Å². The van der Waals surface area contributed by atoms with Crippen molar-refractivity contribution >= 4 is 28.4 Å². The first-order chi connectivity index (χ1) is 16.2. The van der Waals surface area contributed by atoms with Crippen LogP contribution in [0.15, 0.2) is 57.3 Å². The molecule has 2 unspecified atom stereocenters. The summed E-state index contributed by atoms with van der Waals surface area (Å²) < 4.78 is 49.1. The second-order valence-corrected chi connectivity index (χ2v) is 8.85. The fraction of sp³-hybridized carbons (Fsp3) is 0.417. The van der Waals surface area contributed by atoms with E-state index in [2.05, 4.69) is 34.1 Å². The molecule has 1 fully saturated rings. The summed E-state index contributed by atoms with van der Waals surface area (Å²) in [5.74, 6) is 1.41. The molecule has 10 heteroatoms. The van der Waals surface area contributed by atoms with E-state index < -0.39 is 12.8 Å². The number of fused-ring (bicyclic) bond motifs is 2. The zero-order chi connectivity index (χ0) is 24.0. The van der Waals surface area contributed by atoms with E-state index in [4.69, 9.17) is 9.15 Å². The van der Waals surface area contributed by atoms with Gasteiger partial charge in [0.1, 0.15) is 17.1 Å². The maximum absolute atomic E-state index is 12.7. The van der Waals surface area contributed by atoms with Crippen LogP contribution in [0.25, 0.3) is 16.7 Å². The first kappa shape index (κ1) is 22.5. The Labute approximate surface area is 195 Å². The fourth-order valence-corrected chi connectivity index (χ4v) is 4.43. The second-order valence-electron chi connectivity index (χ2n) is 8.85. The molecule has 0 saturated carbocycles. The minimum atomic E-state index is -4.44. The van der Waals surface area contributed by atoms with Crippen LogP contribution in [0.4, 0.5) is 19.0 Å². The van der Waals surface area contributed by atoms with Crippen LogP contribution in [0.2, 0.25) is 0 Å². The van der Waals surface area contributed by atoms with Crippen molar-refractivity contribution in [3.63, 3.8) is 0 Å². The molecule has 0 aliphatic carbocycles. The first-order valence-corrected chi connectivity index (χ1v) is 11.3. The maximum atomic E-state index is 12.7. The highest BCUT2D eigenvalue weighted by Gasteiger charge is 2.32. The predicted molar refractivity (Wildman–Crippen MR) is 124 cm³/mol. The van der Waals surface area contributed by atoms with E-state index in [-0.39, 0.29) is 11.8 Å². The molecule has 7 nitrogen and oxygen atoms in total. The average molecular weight is 473 g/mol. The number of pyridine rings is 1. The van der Waals surface area contributed by atoms with E-state index in [1.165, 1.54) is 6.08 Å². The van der Waals surface area contributed by atoms with E-state index in [0.29, 0.717) is 23.1 Å². The van der Waals surface area contributed by atoms with Gasteiger partial charge in [-0.2, -0.15) is 13.2 Å². The van der Waals surface area contributed by atoms with Crippen LogP contribution >= 0.6 is 0 Å². The molecule has 2 aromatic heterocycles. The van der Waals surface area contributed by atoms with Gasteiger partial charge in [-0.3, -0.25) is 0 Å². The van der Waals surface area contributed by atoms with Crippen molar-refractivity contribution in [1.82, 2.24) is 15.3 Å². The van der Waals surface area contributed by atoms with Gasteiger partial charge in [0.15, 0.2) is 12.4 Å². The van der Waals surface area contributed by atoms with Crippen molar-refractivity contribution in [2.24, 2.45) is 11.0 Å². The van der Waals surface area contributed by atoms with Crippen molar-refractivity contribution < 1.29 is 22.3 Å². The van der Waals surface area contributed by atoms with Gasteiger partial charge in [-0.15, -0.1) is 5.10 Å². The summed E-state index contributed by atoms with van der Waals surface area (Å²) >= 11 is 0. The zero-order valence-electron chi connectivity index (χ0n) is 19.2. The molecule has 5 rings (SSSR count). The molecule has 1 N–H and O–H groups in total. The Hall–Kier alpha value is -3.27. The van der Waals surface area contributed by atoms with Crippen LogP contribution in [0.5, 0.6) is 0 Å². The quantitative estimate of drug-likeness (QED) is 0.700. The second kappa shape index (κ2) is 8.50. The highest BCUT2D eigenvalue weighted by atomic mass is 19.4. The summed E-state index contributed by atoms with van der Waals surface area (Å²) in [6.45, 7) is 7.32.